The Balaban J connectivity index is 1.86. The standard InChI is InChI=1S/C8H13NO4/c10-8(11)5-4-13-7(9-5)6-2-1-3-12-6/h5-7,9H,1-4H2,(H,10,11). The van der Waals surface area contributed by atoms with E-state index in [9.17, 15) is 4.79 Å². The van der Waals surface area contributed by atoms with Crippen LogP contribution in [-0.2, 0) is 14.3 Å². The lowest BCUT2D eigenvalue weighted by atomic mass is 10.2. The zero-order chi connectivity index (χ0) is 9.26. The summed E-state index contributed by atoms with van der Waals surface area (Å²) in [6, 6.07) is -0.575. The highest BCUT2D eigenvalue weighted by atomic mass is 16.6. The third kappa shape index (κ3) is 1.82. The van der Waals surface area contributed by atoms with Crippen molar-refractivity contribution >= 4 is 5.97 Å². The van der Waals surface area contributed by atoms with Crippen LogP contribution in [0.25, 0.3) is 0 Å². The minimum absolute atomic E-state index is 0.0318. The van der Waals surface area contributed by atoms with Gasteiger partial charge in [0.2, 0.25) is 0 Å². The van der Waals surface area contributed by atoms with Gasteiger partial charge in [-0.25, -0.2) is 0 Å². The van der Waals surface area contributed by atoms with Crippen LogP contribution < -0.4 is 5.32 Å². The summed E-state index contributed by atoms with van der Waals surface area (Å²) in [5, 5.41) is 11.6. The van der Waals surface area contributed by atoms with E-state index in [0.717, 1.165) is 19.4 Å². The van der Waals surface area contributed by atoms with E-state index in [1.807, 2.05) is 0 Å². The maximum atomic E-state index is 10.6. The van der Waals surface area contributed by atoms with Gasteiger partial charge in [0.25, 0.3) is 0 Å². The molecule has 2 rings (SSSR count). The molecule has 0 aromatic carbocycles. The normalized spacial score (nSPS) is 39.5. The molecular formula is C8H13NO4. The molecule has 0 saturated carbocycles. The summed E-state index contributed by atoms with van der Waals surface area (Å²) in [5.41, 5.74) is 0. The molecule has 0 amide bonds. The number of carboxylic acid groups (broad SMARTS) is 1. The number of rotatable bonds is 2. The van der Waals surface area contributed by atoms with Gasteiger partial charge in [0.15, 0.2) is 0 Å². The number of aliphatic carboxylic acids is 1. The van der Waals surface area contributed by atoms with Crippen molar-refractivity contribution in [3.8, 4) is 0 Å². The summed E-state index contributed by atoms with van der Waals surface area (Å²) in [6.07, 6.45) is 1.78. The average molecular weight is 187 g/mol. The lowest BCUT2D eigenvalue weighted by Crippen LogP contribution is -2.42. The molecule has 0 aromatic rings. The Morgan fingerprint density at radius 2 is 2.31 bits per heavy atom. The second-order valence-electron chi connectivity index (χ2n) is 3.36. The molecule has 0 radical (unpaired) electrons. The minimum Gasteiger partial charge on any atom is -0.480 e. The Morgan fingerprint density at radius 1 is 1.46 bits per heavy atom. The minimum atomic E-state index is -0.861. The predicted octanol–water partition coefficient (Wildman–Crippen LogP) is -0.436. The van der Waals surface area contributed by atoms with Crippen molar-refractivity contribution in [2.24, 2.45) is 0 Å². The number of carbonyl (C=O) groups is 1. The maximum absolute atomic E-state index is 10.6. The van der Waals surface area contributed by atoms with Crippen LogP contribution in [0.3, 0.4) is 0 Å². The van der Waals surface area contributed by atoms with Crippen LogP contribution >= 0.6 is 0 Å². The molecule has 3 atom stereocenters. The molecule has 2 aliphatic rings. The van der Waals surface area contributed by atoms with Crippen LogP contribution in [0.4, 0.5) is 0 Å². The van der Waals surface area contributed by atoms with Crippen molar-refractivity contribution < 1.29 is 19.4 Å². The quantitative estimate of drug-likeness (QED) is 0.613. The van der Waals surface area contributed by atoms with Gasteiger partial charge in [0, 0.05) is 6.61 Å². The molecule has 0 aromatic heterocycles. The van der Waals surface area contributed by atoms with Crippen molar-refractivity contribution in [1.82, 2.24) is 5.32 Å². The van der Waals surface area contributed by atoms with Crippen molar-refractivity contribution in [3.63, 3.8) is 0 Å². The Kier molecular flexibility index (Phi) is 2.48. The molecule has 0 bridgehead atoms. The van der Waals surface area contributed by atoms with Gasteiger partial charge in [-0.15, -0.1) is 0 Å². The predicted molar refractivity (Wildman–Crippen MR) is 43.3 cm³/mol. The lowest BCUT2D eigenvalue weighted by molar-refractivity contribution is -0.139. The first-order valence-corrected chi connectivity index (χ1v) is 4.49. The van der Waals surface area contributed by atoms with E-state index in [-0.39, 0.29) is 18.9 Å². The highest BCUT2D eigenvalue weighted by Gasteiger charge is 2.36. The Morgan fingerprint density at radius 3 is 2.85 bits per heavy atom. The molecular weight excluding hydrogens is 174 g/mol. The number of nitrogens with one attached hydrogen (secondary N) is 1. The van der Waals surface area contributed by atoms with Crippen LogP contribution in [0.15, 0.2) is 0 Å². The molecule has 2 saturated heterocycles. The highest BCUT2D eigenvalue weighted by Crippen LogP contribution is 2.19. The summed E-state index contributed by atoms with van der Waals surface area (Å²) in [6.45, 7) is 0.990. The van der Waals surface area contributed by atoms with Gasteiger partial charge < -0.3 is 14.6 Å². The van der Waals surface area contributed by atoms with E-state index in [4.69, 9.17) is 14.6 Å². The first-order valence-electron chi connectivity index (χ1n) is 4.49. The molecule has 2 aliphatic heterocycles. The largest absolute Gasteiger partial charge is 0.480 e. The van der Waals surface area contributed by atoms with Gasteiger partial charge in [-0.3, -0.25) is 10.1 Å². The van der Waals surface area contributed by atoms with E-state index in [0.29, 0.717) is 0 Å². The number of carboxylic acids is 1. The molecule has 74 valence electrons. The highest BCUT2D eigenvalue weighted by molar-refractivity contribution is 5.73. The number of hydrogen-bond donors (Lipinski definition) is 2. The lowest BCUT2D eigenvalue weighted by Gasteiger charge is -2.16. The summed E-state index contributed by atoms with van der Waals surface area (Å²) in [5.74, 6) is -0.861. The summed E-state index contributed by atoms with van der Waals surface area (Å²) in [4.78, 5) is 10.6. The molecule has 3 unspecified atom stereocenters. The van der Waals surface area contributed by atoms with E-state index >= 15 is 0 Å². The first kappa shape index (κ1) is 8.93. The second-order valence-corrected chi connectivity index (χ2v) is 3.36. The Hall–Kier alpha value is -0.650. The van der Waals surface area contributed by atoms with Gasteiger partial charge in [0.1, 0.15) is 12.3 Å². The summed E-state index contributed by atoms with van der Waals surface area (Å²) in [7, 11) is 0. The van der Waals surface area contributed by atoms with Gasteiger partial charge in [-0.05, 0) is 12.8 Å². The molecule has 5 heteroatoms. The van der Waals surface area contributed by atoms with Gasteiger partial charge in [-0.1, -0.05) is 0 Å². The fourth-order valence-corrected chi connectivity index (χ4v) is 1.69. The second kappa shape index (κ2) is 3.61. The van der Waals surface area contributed by atoms with Crippen molar-refractivity contribution in [2.75, 3.05) is 13.2 Å². The van der Waals surface area contributed by atoms with E-state index in [2.05, 4.69) is 5.32 Å². The fraction of sp³-hybridized carbons (Fsp3) is 0.875. The van der Waals surface area contributed by atoms with Crippen molar-refractivity contribution in [2.45, 2.75) is 31.2 Å². The zero-order valence-corrected chi connectivity index (χ0v) is 7.23. The first-order chi connectivity index (χ1) is 6.27. The molecule has 2 fully saturated rings. The molecule has 0 spiro atoms. The van der Waals surface area contributed by atoms with Crippen LogP contribution in [0, 0.1) is 0 Å². The van der Waals surface area contributed by atoms with Gasteiger partial charge in [-0.2, -0.15) is 0 Å². The van der Waals surface area contributed by atoms with Gasteiger partial charge in [0.05, 0.1) is 12.7 Å². The van der Waals surface area contributed by atoms with Crippen molar-refractivity contribution in [1.29, 1.82) is 0 Å². The third-order valence-corrected chi connectivity index (χ3v) is 2.41. The van der Waals surface area contributed by atoms with E-state index in [1.165, 1.54) is 0 Å². The zero-order valence-electron chi connectivity index (χ0n) is 7.23. The van der Waals surface area contributed by atoms with E-state index < -0.39 is 12.0 Å². The van der Waals surface area contributed by atoms with Crippen LogP contribution in [-0.4, -0.2) is 42.7 Å². The number of ether oxygens (including phenoxy) is 2. The van der Waals surface area contributed by atoms with E-state index in [1.54, 1.807) is 0 Å². The van der Waals surface area contributed by atoms with Crippen molar-refractivity contribution in [3.05, 3.63) is 0 Å². The Bertz CT molecular complexity index is 202. The van der Waals surface area contributed by atoms with Crippen LogP contribution in [0.2, 0.25) is 0 Å². The van der Waals surface area contributed by atoms with Crippen LogP contribution in [0.1, 0.15) is 12.8 Å². The average Bonchev–Trinajstić information content (AvgIpc) is 2.75. The fourth-order valence-electron chi connectivity index (χ4n) is 1.69. The molecule has 5 nitrogen and oxygen atoms in total. The SMILES string of the molecule is O=C(O)C1COC(C2CCCO2)N1. The van der Waals surface area contributed by atoms with Gasteiger partial charge >= 0.3 is 5.97 Å². The smallest absolute Gasteiger partial charge is 0.323 e. The number of hydrogen-bond acceptors (Lipinski definition) is 4. The molecule has 2 N–H and O–H groups in total. The van der Waals surface area contributed by atoms with Crippen LogP contribution in [0.5, 0.6) is 0 Å². The Labute approximate surface area is 76.0 Å². The third-order valence-electron chi connectivity index (χ3n) is 2.41. The monoisotopic (exact) mass is 187 g/mol. The maximum Gasteiger partial charge on any atom is 0.323 e. The molecule has 2 heterocycles. The topological polar surface area (TPSA) is 67.8 Å². The molecule has 0 aliphatic carbocycles. The molecule has 13 heavy (non-hydrogen) atoms. The summed E-state index contributed by atoms with van der Waals surface area (Å²) >= 11 is 0. The summed E-state index contributed by atoms with van der Waals surface area (Å²) < 4.78 is 10.7.